The molecule has 4 heteroatoms. The Morgan fingerprint density at radius 3 is 2.12 bits per heavy atom. The molecule has 4 aromatic rings. The van der Waals surface area contributed by atoms with Gasteiger partial charge in [-0.3, -0.25) is 0 Å². The number of rotatable bonds is 13. The average Bonchev–Trinajstić information content (AvgIpc) is 3.02. The second-order valence-electron chi connectivity index (χ2n) is 10.5. The molecule has 0 radical (unpaired) electrons. The van der Waals surface area contributed by atoms with Gasteiger partial charge in [-0.1, -0.05) is 78.9 Å². The third-order valence-electron chi connectivity index (χ3n) is 7.92. The van der Waals surface area contributed by atoms with E-state index in [1.54, 1.807) is 14.2 Å². The molecule has 0 N–H and O–H groups in total. The molecule has 0 bridgehead atoms. The molecule has 4 nitrogen and oxygen atoms in total. The number of hydrogen-bond donors (Lipinski definition) is 0. The van der Waals surface area contributed by atoms with Crippen LogP contribution in [0.15, 0.2) is 103 Å². The zero-order valence-corrected chi connectivity index (χ0v) is 23.6. The Kier molecular flexibility index (Phi) is 9.89. The van der Waals surface area contributed by atoms with Crippen LogP contribution in [-0.4, -0.2) is 27.1 Å². The first-order chi connectivity index (χ1) is 19.7. The van der Waals surface area contributed by atoms with Crippen molar-refractivity contribution in [1.29, 1.82) is 0 Å². The summed E-state index contributed by atoms with van der Waals surface area (Å²) in [5.74, 6) is 2.55. The second kappa shape index (κ2) is 14.2. The summed E-state index contributed by atoms with van der Waals surface area (Å²) in [5, 5.41) is 0. The lowest BCUT2D eigenvalue weighted by molar-refractivity contribution is -0.107. The molecule has 40 heavy (non-hydrogen) atoms. The summed E-state index contributed by atoms with van der Waals surface area (Å²) in [6.07, 6.45) is 4.84. The van der Waals surface area contributed by atoms with E-state index in [9.17, 15) is 0 Å². The van der Waals surface area contributed by atoms with E-state index in [0.717, 1.165) is 43.6 Å². The highest BCUT2D eigenvalue weighted by molar-refractivity contribution is 5.48. The quantitative estimate of drug-likeness (QED) is 0.127. The first-order valence-electron chi connectivity index (χ1n) is 14.4. The monoisotopic (exact) mass is 536 g/mol. The number of hydrogen-bond acceptors (Lipinski definition) is 4. The highest BCUT2D eigenvalue weighted by atomic mass is 16.7. The summed E-state index contributed by atoms with van der Waals surface area (Å²) in [6.45, 7) is 1.26. The predicted molar refractivity (Wildman–Crippen MR) is 160 cm³/mol. The largest absolute Gasteiger partial charge is 0.494 e. The van der Waals surface area contributed by atoms with E-state index < -0.39 is 0 Å². The minimum Gasteiger partial charge on any atom is -0.494 e. The molecule has 208 valence electrons. The van der Waals surface area contributed by atoms with Crippen LogP contribution in [0.25, 0.3) is 0 Å². The molecule has 0 aliphatic heterocycles. The van der Waals surface area contributed by atoms with Crippen molar-refractivity contribution in [2.45, 2.75) is 56.8 Å². The van der Waals surface area contributed by atoms with Gasteiger partial charge in [0.25, 0.3) is 0 Å². The van der Waals surface area contributed by atoms with E-state index in [-0.39, 0.29) is 12.2 Å². The van der Waals surface area contributed by atoms with E-state index in [2.05, 4.69) is 97.1 Å². The lowest BCUT2D eigenvalue weighted by Crippen LogP contribution is -2.20. The number of methoxy groups -OCH3 is 2. The maximum atomic E-state index is 6.18. The van der Waals surface area contributed by atoms with Crippen molar-refractivity contribution in [3.63, 3.8) is 0 Å². The molecule has 0 saturated carbocycles. The molecule has 1 aliphatic rings. The highest BCUT2D eigenvalue weighted by Gasteiger charge is 2.32. The van der Waals surface area contributed by atoms with Crippen LogP contribution in [0.3, 0.4) is 0 Å². The molecule has 0 spiro atoms. The Morgan fingerprint density at radius 2 is 1.40 bits per heavy atom. The Labute approximate surface area is 238 Å². The van der Waals surface area contributed by atoms with Crippen LogP contribution in [0.5, 0.6) is 11.5 Å². The standard InChI is InChI=1S/C36H40O4/c1-37-35(38-2)15-9-10-24-39-31-19-16-29(17-20-31)36-33(28-13-7-4-8-14-28)22-18-30-25-32(21-23-34(30)36)40-26-27-11-5-3-6-12-27/h3-8,11-14,16-17,19-21,23,25,33,35-36H,9-10,15,18,22,24,26H2,1-2H3/t33-,36+/m1/s1. The van der Waals surface area contributed by atoms with Crippen molar-refractivity contribution < 1.29 is 18.9 Å². The minimum absolute atomic E-state index is 0.137. The topological polar surface area (TPSA) is 36.9 Å². The van der Waals surface area contributed by atoms with E-state index in [1.807, 2.05) is 6.07 Å². The van der Waals surface area contributed by atoms with Crippen LogP contribution >= 0.6 is 0 Å². The minimum atomic E-state index is -0.137. The summed E-state index contributed by atoms with van der Waals surface area (Å²) in [7, 11) is 3.36. The summed E-state index contributed by atoms with van der Waals surface area (Å²) < 4.78 is 22.8. The summed E-state index contributed by atoms with van der Waals surface area (Å²) in [5.41, 5.74) is 6.68. The third-order valence-corrected chi connectivity index (χ3v) is 7.92. The van der Waals surface area contributed by atoms with Crippen LogP contribution < -0.4 is 9.47 Å². The van der Waals surface area contributed by atoms with Crippen molar-refractivity contribution in [1.82, 2.24) is 0 Å². The summed E-state index contributed by atoms with van der Waals surface area (Å²) >= 11 is 0. The maximum absolute atomic E-state index is 6.18. The molecule has 0 amide bonds. The highest BCUT2D eigenvalue weighted by Crippen LogP contribution is 2.47. The average molecular weight is 537 g/mol. The van der Waals surface area contributed by atoms with Crippen LogP contribution in [0, 0.1) is 0 Å². The zero-order chi connectivity index (χ0) is 27.6. The summed E-state index contributed by atoms with van der Waals surface area (Å²) in [6, 6.07) is 36.7. The van der Waals surface area contributed by atoms with Crippen molar-refractivity contribution >= 4 is 0 Å². The summed E-state index contributed by atoms with van der Waals surface area (Å²) in [4.78, 5) is 0. The lowest BCUT2D eigenvalue weighted by Gasteiger charge is -2.35. The third kappa shape index (κ3) is 7.12. The fourth-order valence-electron chi connectivity index (χ4n) is 5.80. The van der Waals surface area contributed by atoms with Gasteiger partial charge < -0.3 is 18.9 Å². The Morgan fingerprint density at radius 1 is 0.700 bits per heavy atom. The fraction of sp³-hybridized carbons (Fsp3) is 0.333. The van der Waals surface area contributed by atoms with Crippen LogP contribution in [0.1, 0.15) is 65.3 Å². The maximum Gasteiger partial charge on any atom is 0.156 e. The van der Waals surface area contributed by atoms with Crippen LogP contribution in [-0.2, 0) is 22.5 Å². The van der Waals surface area contributed by atoms with Gasteiger partial charge in [0.1, 0.15) is 18.1 Å². The molecule has 0 fully saturated rings. The first kappa shape index (κ1) is 27.9. The van der Waals surface area contributed by atoms with Gasteiger partial charge in [0.05, 0.1) is 6.61 Å². The van der Waals surface area contributed by atoms with Crippen molar-refractivity contribution in [3.8, 4) is 11.5 Å². The van der Waals surface area contributed by atoms with Gasteiger partial charge in [0.2, 0.25) is 0 Å². The molecule has 5 rings (SSSR count). The molecule has 0 saturated heterocycles. The molecule has 4 aromatic carbocycles. The number of aryl methyl sites for hydroxylation is 1. The van der Waals surface area contributed by atoms with Crippen molar-refractivity contribution in [3.05, 3.63) is 131 Å². The molecular formula is C36H40O4. The molecule has 0 aromatic heterocycles. The lowest BCUT2D eigenvalue weighted by atomic mass is 9.69. The molecular weight excluding hydrogens is 496 g/mol. The van der Waals surface area contributed by atoms with Gasteiger partial charge in [0, 0.05) is 20.1 Å². The Bertz CT molecular complexity index is 1300. The van der Waals surface area contributed by atoms with Crippen LogP contribution in [0.4, 0.5) is 0 Å². The molecule has 0 unspecified atom stereocenters. The molecule has 0 heterocycles. The van der Waals surface area contributed by atoms with E-state index in [0.29, 0.717) is 19.1 Å². The SMILES string of the molecule is COC(CCCCOc1ccc([C@@H]2c3ccc(OCc4ccccc4)cc3CC[C@@H]2c2ccccc2)cc1)OC. The normalized spacial score (nSPS) is 16.5. The Balaban J connectivity index is 1.30. The first-order valence-corrected chi connectivity index (χ1v) is 14.4. The fourth-order valence-corrected chi connectivity index (χ4v) is 5.80. The van der Waals surface area contributed by atoms with Crippen LogP contribution in [0.2, 0.25) is 0 Å². The van der Waals surface area contributed by atoms with Crippen molar-refractivity contribution in [2.75, 3.05) is 20.8 Å². The number of unbranched alkanes of at least 4 members (excludes halogenated alkanes) is 1. The smallest absolute Gasteiger partial charge is 0.156 e. The van der Waals surface area contributed by atoms with Gasteiger partial charge in [-0.2, -0.15) is 0 Å². The van der Waals surface area contributed by atoms with Gasteiger partial charge in [0.15, 0.2) is 6.29 Å². The van der Waals surface area contributed by atoms with Gasteiger partial charge in [-0.05, 0) is 90.1 Å². The Hall–Kier alpha value is -3.60. The van der Waals surface area contributed by atoms with E-state index in [1.165, 1.54) is 27.8 Å². The van der Waals surface area contributed by atoms with E-state index in [4.69, 9.17) is 18.9 Å². The van der Waals surface area contributed by atoms with E-state index >= 15 is 0 Å². The van der Waals surface area contributed by atoms with Crippen molar-refractivity contribution in [2.24, 2.45) is 0 Å². The zero-order valence-electron chi connectivity index (χ0n) is 23.6. The molecule has 2 atom stereocenters. The van der Waals surface area contributed by atoms with Gasteiger partial charge >= 0.3 is 0 Å². The predicted octanol–water partition coefficient (Wildman–Crippen LogP) is 8.30. The number of ether oxygens (including phenoxy) is 4. The number of benzene rings is 4. The van der Waals surface area contributed by atoms with Gasteiger partial charge in [-0.25, -0.2) is 0 Å². The molecule has 1 aliphatic carbocycles. The second-order valence-corrected chi connectivity index (χ2v) is 10.5. The van der Waals surface area contributed by atoms with Gasteiger partial charge in [-0.15, -0.1) is 0 Å². The number of fused-ring (bicyclic) bond motifs is 1.